The van der Waals surface area contributed by atoms with Gasteiger partial charge < -0.3 is 16.0 Å². The Bertz CT molecular complexity index is 589. The van der Waals surface area contributed by atoms with Gasteiger partial charge in [0, 0.05) is 24.8 Å². The van der Waals surface area contributed by atoms with E-state index in [1.807, 2.05) is 0 Å². The SMILES string of the molecule is CC(SCC(=O)Nc1ccc(F)cc1)C(=O)NCCNC1CCCCCC1. The molecule has 0 spiro atoms. The Labute approximate surface area is 165 Å². The molecule has 0 saturated heterocycles. The van der Waals surface area contributed by atoms with Crippen LogP contribution in [0.1, 0.15) is 45.4 Å². The van der Waals surface area contributed by atoms with Crippen LogP contribution in [-0.2, 0) is 9.59 Å². The minimum Gasteiger partial charge on any atom is -0.354 e. The first-order chi connectivity index (χ1) is 13.0. The first kappa shape index (κ1) is 21.7. The fourth-order valence-corrected chi connectivity index (χ4v) is 3.80. The second-order valence-corrected chi connectivity index (χ2v) is 8.27. The maximum atomic E-state index is 12.9. The van der Waals surface area contributed by atoms with Gasteiger partial charge in [-0.1, -0.05) is 25.7 Å². The summed E-state index contributed by atoms with van der Waals surface area (Å²) in [5.74, 6) is -0.438. The van der Waals surface area contributed by atoms with Gasteiger partial charge in [0.25, 0.3) is 0 Å². The number of benzene rings is 1. The van der Waals surface area contributed by atoms with Crippen molar-refractivity contribution >= 4 is 29.3 Å². The molecule has 1 saturated carbocycles. The second kappa shape index (κ2) is 12.0. The fourth-order valence-electron chi connectivity index (χ4n) is 3.10. The van der Waals surface area contributed by atoms with E-state index in [2.05, 4.69) is 16.0 Å². The summed E-state index contributed by atoms with van der Waals surface area (Å²) in [6.07, 6.45) is 7.69. The molecule has 0 bridgehead atoms. The van der Waals surface area contributed by atoms with E-state index < -0.39 is 0 Å². The molecule has 3 N–H and O–H groups in total. The Kier molecular flexibility index (Phi) is 9.62. The number of carbonyl (C=O) groups is 2. The number of hydrogen-bond donors (Lipinski definition) is 3. The molecule has 27 heavy (non-hydrogen) atoms. The van der Waals surface area contributed by atoms with Crippen LogP contribution in [0.2, 0.25) is 0 Å². The van der Waals surface area contributed by atoms with E-state index in [4.69, 9.17) is 0 Å². The minimum absolute atomic E-state index is 0.0581. The number of thioether (sulfide) groups is 1. The van der Waals surface area contributed by atoms with E-state index in [9.17, 15) is 14.0 Å². The van der Waals surface area contributed by atoms with Crippen LogP contribution in [0.25, 0.3) is 0 Å². The smallest absolute Gasteiger partial charge is 0.234 e. The summed E-state index contributed by atoms with van der Waals surface area (Å²) < 4.78 is 12.9. The predicted molar refractivity (Wildman–Crippen MR) is 109 cm³/mol. The average Bonchev–Trinajstić information content (AvgIpc) is 2.94. The summed E-state index contributed by atoms with van der Waals surface area (Å²) >= 11 is 1.29. The van der Waals surface area contributed by atoms with E-state index in [-0.39, 0.29) is 28.6 Å². The van der Waals surface area contributed by atoms with Crippen LogP contribution >= 0.6 is 11.8 Å². The van der Waals surface area contributed by atoms with E-state index in [1.54, 1.807) is 6.92 Å². The molecule has 1 aromatic rings. The number of anilines is 1. The number of rotatable bonds is 9. The van der Waals surface area contributed by atoms with Crippen LogP contribution in [-0.4, -0.2) is 41.9 Å². The van der Waals surface area contributed by atoms with Gasteiger partial charge in [0.05, 0.1) is 11.0 Å². The van der Waals surface area contributed by atoms with E-state index in [1.165, 1.54) is 74.6 Å². The maximum absolute atomic E-state index is 12.9. The molecule has 1 atom stereocenters. The average molecular weight is 396 g/mol. The summed E-state index contributed by atoms with van der Waals surface area (Å²) in [5, 5.41) is 8.83. The van der Waals surface area contributed by atoms with Crippen LogP contribution in [0.15, 0.2) is 24.3 Å². The molecule has 1 fully saturated rings. The first-order valence-corrected chi connectivity index (χ1v) is 10.8. The van der Waals surface area contributed by atoms with Crippen molar-refractivity contribution in [2.45, 2.75) is 56.7 Å². The molecule has 1 unspecified atom stereocenters. The van der Waals surface area contributed by atoms with Gasteiger partial charge in [-0.3, -0.25) is 9.59 Å². The molecule has 0 aliphatic heterocycles. The Morgan fingerprint density at radius 2 is 1.78 bits per heavy atom. The van der Waals surface area contributed by atoms with Gasteiger partial charge in [-0.05, 0) is 44.0 Å². The van der Waals surface area contributed by atoms with Crippen molar-refractivity contribution in [1.29, 1.82) is 0 Å². The van der Waals surface area contributed by atoms with Crippen molar-refractivity contribution in [3.05, 3.63) is 30.1 Å². The third-order valence-electron chi connectivity index (χ3n) is 4.67. The van der Waals surface area contributed by atoms with Gasteiger partial charge in [0.1, 0.15) is 5.82 Å². The zero-order chi connectivity index (χ0) is 19.5. The van der Waals surface area contributed by atoms with Gasteiger partial charge in [-0.15, -0.1) is 11.8 Å². The zero-order valence-electron chi connectivity index (χ0n) is 15.9. The Morgan fingerprint density at radius 3 is 2.44 bits per heavy atom. The molecule has 0 heterocycles. The van der Waals surface area contributed by atoms with Crippen LogP contribution in [0.5, 0.6) is 0 Å². The molecule has 5 nitrogen and oxygen atoms in total. The Balaban J connectivity index is 1.57. The van der Waals surface area contributed by atoms with Crippen molar-refractivity contribution in [3.63, 3.8) is 0 Å². The monoisotopic (exact) mass is 395 g/mol. The lowest BCUT2D eigenvalue weighted by atomic mass is 10.1. The standard InChI is InChI=1S/C20H30FN3O2S/c1-15(27-14-19(25)24-18-10-8-16(21)9-11-18)20(26)23-13-12-22-17-6-4-2-3-5-7-17/h8-11,15,17,22H,2-7,12-14H2,1H3,(H,23,26)(H,24,25). The molecule has 0 aromatic heterocycles. The van der Waals surface area contributed by atoms with Gasteiger partial charge in [-0.25, -0.2) is 4.39 Å². The van der Waals surface area contributed by atoms with Crippen LogP contribution < -0.4 is 16.0 Å². The lowest BCUT2D eigenvalue weighted by Crippen LogP contribution is -2.39. The summed E-state index contributed by atoms with van der Waals surface area (Å²) in [4.78, 5) is 24.0. The number of nitrogens with one attached hydrogen (secondary N) is 3. The van der Waals surface area contributed by atoms with Crippen molar-refractivity contribution in [3.8, 4) is 0 Å². The van der Waals surface area contributed by atoms with Crippen molar-refractivity contribution in [2.75, 3.05) is 24.2 Å². The number of hydrogen-bond acceptors (Lipinski definition) is 4. The van der Waals surface area contributed by atoms with E-state index in [0.29, 0.717) is 18.3 Å². The summed E-state index contributed by atoms with van der Waals surface area (Å²) in [5.41, 5.74) is 0.545. The molecule has 2 rings (SSSR count). The molecular formula is C20H30FN3O2S. The highest BCUT2D eigenvalue weighted by atomic mass is 32.2. The van der Waals surface area contributed by atoms with Gasteiger partial charge in [0.2, 0.25) is 11.8 Å². The summed E-state index contributed by atoms with van der Waals surface area (Å²) in [6.45, 7) is 3.17. The topological polar surface area (TPSA) is 70.2 Å². The molecule has 1 aliphatic carbocycles. The van der Waals surface area contributed by atoms with Gasteiger partial charge >= 0.3 is 0 Å². The maximum Gasteiger partial charge on any atom is 0.234 e. The lowest BCUT2D eigenvalue weighted by Gasteiger charge is -2.17. The van der Waals surface area contributed by atoms with Gasteiger partial charge in [0.15, 0.2) is 0 Å². The van der Waals surface area contributed by atoms with Crippen LogP contribution in [0, 0.1) is 5.82 Å². The molecule has 1 aliphatic rings. The Morgan fingerprint density at radius 1 is 1.11 bits per heavy atom. The van der Waals surface area contributed by atoms with E-state index in [0.717, 1.165) is 6.54 Å². The molecular weight excluding hydrogens is 365 g/mol. The molecule has 7 heteroatoms. The predicted octanol–water partition coefficient (Wildman–Crippen LogP) is 3.31. The molecule has 0 radical (unpaired) electrons. The number of carbonyl (C=O) groups excluding carboxylic acids is 2. The van der Waals surface area contributed by atoms with Crippen LogP contribution in [0.3, 0.4) is 0 Å². The third-order valence-corrected chi connectivity index (χ3v) is 5.82. The number of amides is 2. The number of halogens is 1. The summed E-state index contributed by atoms with van der Waals surface area (Å²) in [6, 6.07) is 6.18. The van der Waals surface area contributed by atoms with Crippen molar-refractivity contribution in [2.24, 2.45) is 0 Å². The van der Waals surface area contributed by atoms with Crippen molar-refractivity contribution in [1.82, 2.24) is 10.6 Å². The normalized spacial score (nSPS) is 16.4. The fraction of sp³-hybridized carbons (Fsp3) is 0.600. The highest BCUT2D eigenvalue weighted by Gasteiger charge is 2.15. The zero-order valence-corrected chi connectivity index (χ0v) is 16.7. The quantitative estimate of drug-likeness (QED) is 0.443. The van der Waals surface area contributed by atoms with Gasteiger partial charge in [-0.2, -0.15) is 0 Å². The largest absolute Gasteiger partial charge is 0.354 e. The Hall–Kier alpha value is -1.60. The molecule has 2 amide bonds. The highest BCUT2D eigenvalue weighted by molar-refractivity contribution is 8.01. The lowest BCUT2D eigenvalue weighted by molar-refractivity contribution is -0.120. The van der Waals surface area contributed by atoms with E-state index >= 15 is 0 Å². The third kappa shape index (κ3) is 8.75. The highest BCUT2D eigenvalue weighted by Crippen LogP contribution is 2.17. The molecule has 150 valence electrons. The second-order valence-electron chi connectivity index (χ2n) is 6.94. The van der Waals surface area contributed by atoms with Crippen LogP contribution in [0.4, 0.5) is 10.1 Å². The summed E-state index contributed by atoms with van der Waals surface area (Å²) in [7, 11) is 0. The molecule has 1 aromatic carbocycles. The first-order valence-electron chi connectivity index (χ1n) is 9.72. The van der Waals surface area contributed by atoms with Crippen molar-refractivity contribution < 1.29 is 14.0 Å². The minimum atomic E-state index is -0.346.